The molecule has 1 saturated heterocycles. The first-order valence-corrected chi connectivity index (χ1v) is 11.4. The Hall–Kier alpha value is -1.59. The van der Waals surface area contributed by atoms with Crippen molar-refractivity contribution in [3.8, 4) is 0 Å². The van der Waals surface area contributed by atoms with Crippen molar-refractivity contribution in [3.63, 3.8) is 0 Å². The molecule has 0 aromatic heterocycles. The quantitative estimate of drug-likeness (QED) is 0.752. The van der Waals surface area contributed by atoms with Gasteiger partial charge in [0.15, 0.2) is 0 Å². The standard InChI is InChI=1S/C24H33N3O2.ClH/c25-21-15-27(14-20(21)19-4-2-1-3-5-19)22(28)6-7-26-23(29)24-11-16-8-17(12-24)10-18(9-16)13-24;/h1-5,16-18,20-21H,6-15,25H2,(H,26,29);1H/t16?,17?,18?,20-,21+,24?;/m0./s1. The van der Waals surface area contributed by atoms with Crippen molar-refractivity contribution >= 4 is 24.2 Å². The van der Waals surface area contributed by atoms with Gasteiger partial charge in [-0.05, 0) is 61.8 Å². The van der Waals surface area contributed by atoms with Crippen LogP contribution in [0, 0.1) is 23.2 Å². The van der Waals surface area contributed by atoms with Gasteiger partial charge in [-0.2, -0.15) is 0 Å². The zero-order chi connectivity index (χ0) is 20.0. The van der Waals surface area contributed by atoms with E-state index >= 15 is 0 Å². The first kappa shape index (κ1) is 21.6. The maximum Gasteiger partial charge on any atom is 0.226 e. The van der Waals surface area contributed by atoms with Crippen LogP contribution in [-0.4, -0.2) is 42.4 Å². The number of carbonyl (C=O) groups excluding carboxylic acids is 2. The molecule has 2 amide bonds. The van der Waals surface area contributed by atoms with Gasteiger partial charge in [-0.1, -0.05) is 30.3 Å². The number of nitrogens with one attached hydrogen (secondary N) is 1. The van der Waals surface area contributed by atoms with Crippen LogP contribution < -0.4 is 11.1 Å². The molecule has 5 aliphatic rings. The first-order chi connectivity index (χ1) is 14.0. The molecule has 2 atom stereocenters. The fourth-order valence-electron chi connectivity index (χ4n) is 7.10. The molecule has 6 rings (SSSR count). The van der Waals surface area contributed by atoms with E-state index in [9.17, 15) is 9.59 Å². The van der Waals surface area contributed by atoms with E-state index in [4.69, 9.17) is 5.73 Å². The molecule has 1 aromatic carbocycles. The first-order valence-electron chi connectivity index (χ1n) is 11.4. The predicted molar refractivity (Wildman–Crippen MR) is 119 cm³/mol. The van der Waals surface area contributed by atoms with E-state index in [2.05, 4.69) is 17.4 Å². The van der Waals surface area contributed by atoms with Crippen LogP contribution in [0.25, 0.3) is 0 Å². The van der Waals surface area contributed by atoms with Gasteiger partial charge in [-0.3, -0.25) is 9.59 Å². The van der Waals surface area contributed by atoms with Crippen molar-refractivity contribution in [2.24, 2.45) is 28.9 Å². The van der Waals surface area contributed by atoms with Crippen LogP contribution in [0.2, 0.25) is 0 Å². The number of halogens is 1. The van der Waals surface area contributed by atoms with Gasteiger partial charge in [0, 0.05) is 43.4 Å². The van der Waals surface area contributed by atoms with Crippen molar-refractivity contribution < 1.29 is 9.59 Å². The molecule has 1 aromatic rings. The third-order valence-corrected chi connectivity index (χ3v) is 8.09. The topological polar surface area (TPSA) is 75.4 Å². The van der Waals surface area contributed by atoms with Crippen LogP contribution in [0.3, 0.4) is 0 Å². The Balaban J connectivity index is 0.00000218. The summed E-state index contributed by atoms with van der Waals surface area (Å²) in [4.78, 5) is 27.6. The fourth-order valence-corrected chi connectivity index (χ4v) is 7.10. The monoisotopic (exact) mass is 431 g/mol. The van der Waals surface area contributed by atoms with Crippen LogP contribution in [0.1, 0.15) is 56.4 Å². The summed E-state index contributed by atoms with van der Waals surface area (Å²) in [6.07, 6.45) is 7.58. The molecule has 3 N–H and O–H groups in total. The Morgan fingerprint density at radius 2 is 1.60 bits per heavy atom. The average molecular weight is 432 g/mol. The Bertz CT molecular complexity index is 749. The van der Waals surface area contributed by atoms with Crippen molar-refractivity contribution in [3.05, 3.63) is 35.9 Å². The normalized spacial score (nSPS) is 36.4. The van der Waals surface area contributed by atoms with Gasteiger partial charge in [0.25, 0.3) is 0 Å². The maximum absolute atomic E-state index is 13.0. The second-order valence-electron chi connectivity index (χ2n) is 10.2. The second-order valence-corrected chi connectivity index (χ2v) is 10.2. The lowest BCUT2D eigenvalue weighted by Gasteiger charge is -2.55. The summed E-state index contributed by atoms with van der Waals surface area (Å²) in [6.45, 7) is 1.72. The average Bonchev–Trinajstić information content (AvgIpc) is 3.09. The predicted octanol–water partition coefficient (Wildman–Crippen LogP) is 3.08. The highest BCUT2D eigenvalue weighted by Crippen LogP contribution is 2.60. The van der Waals surface area contributed by atoms with E-state index in [-0.39, 0.29) is 41.6 Å². The van der Waals surface area contributed by atoms with Crippen molar-refractivity contribution in [2.75, 3.05) is 19.6 Å². The van der Waals surface area contributed by atoms with Crippen LogP contribution in [0.5, 0.6) is 0 Å². The summed E-state index contributed by atoms with van der Waals surface area (Å²) < 4.78 is 0. The van der Waals surface area contributed by atoms with E-state index < -0.39 is 0 Å². The smallest absolute Gasteiger partial charge is 0.226 e. The molecule has 6 heteroatoms. The van der Waals surface area contributed by atoms with Gasteiger partial charge >= 0.3 is 0 Å². The summed E-state index contributed by atoms with van der Waals surface area (Å²) >= 11 is 0. The van der Waals surface area contributed by atoms with Crippen LogP contribution in [0.15, 0.2) is 30.3 Å². The van der Waals surface area contributed by atoms with Gasteiger partial charge in [0.2, 0.25) is 11.8 Å². The lowest BCUT2D eigenvalue weighted by atomic mass is 9.49. The minimum absolute atomic E-state index is 0. The van der Waals surface area contributed by atoms with Crippen molar-refractivity contribution in [1.82, 2.24) is 10.2 Å². The number of carbonyl (C=O) groups is 2. The van der Waals surface area contributed by atoms with Crippen LogP contribution in [0.4, 0.5) is 0 Å². The van der Waals surface area contributed by atoms with E-state index in [0.29, 0.717) is 26.1 Å². The molecule has 0 radical (unpaired) electrons. The van der Waals surface area contributed by atoms with Gasteiger partial charge < -0.3 is 16.0 Å². The Morgan fingerprint density at radius 1 is 1.00 bits per heavy atom. The highest BCUT2D eigenvalue weighted by Gasteiger charge is 2.54. The molecule has 5 fully saturated rings. The minimum atomic E-state index is -0.133. The molecular weight excluding hydrogens is 398 g/mol. The SMILES string of the molecule is Cl.N[C@@H]1CN(C(=O)CCNC(=O)C23CC4CC(CC(C4)C2)C3)C[C@H]1c1ccccc1. The van der Waals surface area contributed by atoms with Crippen LogP contribution >= 0.6 is 12.4 Å². The number of hydrogen-bond acceptors (Lipinski definition) is 3. The van der Waals surface area contributed by atoms with Gasteiger partial charge in [-0.25, -0.2) is 0 Å². The lowest BCUT2D eigenvalue weighted by Crippen LogP contribution is -2.53. The van der Waals surface area contributed by atoms with Gasteiger partial charge in [0.05, 0.1) is 0 Å². The summed E-state index contributed by atoms with van der Waals surface area (Å²) in [6, 6.07) is 10.2. The van der Waals surface area contributed by atoms with E-state index in [1.54, 1.807) is 0 Å². The summed E-state index contributed by atoms with van der Waals surface area (Å²) in [5.41, 5.74) is 7.39. The summed E-state index contributed by atoms with van der Waals surface area (Å²) in [7, 11) is 0. The molecule has 164 valence electrons. The number of benzene rings is 1. The van der Waals surface area contributed by atoms with Gasteiger partial charge in [0.1, 0.15) is 0 Å². The van der Waals surface area contributed by atoms with Crippen LogP contribution in [-0.2, 0) is 9.59 Å². The number of nitrogens with two attached hydrogens (primary N) is 1. The minimum Gasteiger partial charge on any atom is -0.355 e. The summed E-state index contributed by atoms with van der Waals surface area (Å²) in [5.74, 6) is 2.79. The van der Waals surface area contributed by atoms with E-state index in [1.807, 2.05) is 23.1 Å². The number of hydrogen-bond donors (Lipinski definition) is 2. The summed E-state index contributed by atoms with van der Waals surface area (Å²) in [5, 5.41) is 3.13. The lowest BCUT2D eigenvalue weighted by molar-refractivity contribution is -0.146. The third kappa shape index (κ3) is 3.99. The fraction of sp³-hybridized carbons (Fsp3) is 0.667. The second kappa shape index (κ2) is 8.51. The van der Waals surface area contributed by atoms with Crippen molar-refractivity contribution in [2.45, 2.75) is 56.9 Å². The number of rotatable bonds is 5. The zero-order valence-electron chi connectivity index (χ0n) is 17.6. The van der Waals surface area contributed by atoms with Crippen molar-refractivity contribution in [1.29, 1.82) is 0 Å². The molecule has 1 heterocycles. The molecule has 30 heavy (non-hydrogen) atoms. The molecule has 0 spiro atoms. The Labute approximate surface area is 185 Å². The Morgan fingerprint density at radius 3 is 2.20 bits per heavy atom. The van der Waals surface area contributed by atoms with Gasteiger partial charge in [-0.15, -0.1) is 12.4 Å². The molecule has 4 bridgehead atoms. The molecule has 4 saturated carbocycles. The third-order valence-electron chi connectivity index (χ3n) is 8.09. The highest BCUT2D eigenvalue weighted by atomic mass is 35.5. The molecular formula is C24H34ClN3O2. The molecule has 0 unspecified atom stereocenters. The molecule has 4 aliphatic carbocycles. The van der Waals surface area contributed by atoms with E-state index in [1.165, 1.54) is 24.8 Å². The molecule has 5 nitrogen and oxygen atoms in total. The molecule has 1 aliphatic heterocycles. The Kier molecular flexibility index (Phi) is 6.13. The zero-order valence-corrected chi connectivity index (χ0v) is 18.4. The number of nitrogens with zero attached hydrogens (tertiary/aromatic N) is 1. The number of likely N-dealkylation sites (tertiary alicyclic amines) is 1. The highest BCUT2D eigenvalue weighted by molar-refractivity contribution is 5.85. The van der Waals surface area contributed by atoms with E-state index in [0.717, 1.165) is 37.0 Å². The number of amides is 2. The maximum atomic E-state index is 13.0. The largest absolute Gasteiger partial charge is 0.355 e.